The van der Waals surface area contributed by atoms with Crippen molar-refractivity contribution in [3.63, 3.8) is 0 Å². The second-order valence-corrected chi connectivity index (χ2v) is 5.69. The maximum atomic E-state index is 11.3. The molecule has 0 unspecified atom stereocenters. The molecule has 120 valence electrons. The van der Waals surface area contributed by atoms with Crippen LogP contribution >= 0.6 is 0 Å². The Balaban J connectivity index is 3.56. The summed E-state index contributed by atoms with van der Waals surface area (Å²) in [4.78, 5) is 11.3. The first-order valence-corrected chi connectivity index (χ1v) is 6.64. The summed E-state index contributed by atoms with van der Waals surface area (Å²) in [6.07, 6.45) is -1.66. The Kier molecular flexibility index (Phi) is 9.91. The molecular formula is C13H27NO6. The van der Waals surface area contributed by atoms with Gasteiger partial charge >= 0.3 is 0 Å². The Labute approximate surface area is 119 Å². The number of ketones is 1. The molecule has 0 spiro atoms. The van der Waals surface area contributed by atoms with E-state index in [1.807, 2.05) is 20.8 Å². The molecule has 0 bridgehead atoms. The van der Waals surface area contributed by atoms with Gasteiger partial charge in [0.15, 0.2) is 5.78 Å². The van der Waals surface area contributed by atoms with Crippen molar-refractivity contribution in [2.75, 3.05) is 39.6 Å². The zero-order valence-electron chi connectivity index (χ0n) is 12.5. The SMILES string of the molecule is CC(C)(C)NC[C@@H](O)COCC(=O)COC[C@H](O)CO. The van der Waals surface area contributed by atoms with Crippen molar-refractivity contribution < 1.29 is 29.6 Å². The molecule has 7 heteroatoms. The largest absolute Gasteiger partial charge is 0.394 e. The molecule has 0 rings (SSSR count). The third kappa shape index (κ3) is 12.5. The van der Waals surface area contributed by atoms with E-state index in [-0.39, 0.29) is 37.7 Å². The van der Waals surface area contributed by atoms with Crippen LogP contribution in [0.1, 0.15) is 20.8 Å². The Morgan fingerprint density at radius 1 is 1.10 bits per heavy atom. The molecule has 0 aliphatic heterocycles. The number of carbonyl (C=O) groups excluding carboxylic acids is 1. The van der Waals surface area contributed by atoms with Crippen LogP contribution in [-0.4, -0.2) is 78.4 Å². The smallest absolute Gasteiger partial charge is 0.183 e. The number of carbonyl (C=O) groups is 1. The van der Waals surface area contributed by atoms with Gasteiger partial charge < -0.3 is 30.1 Å². The molecule has 0 aliphatic carbocycles. The zero-order valence-corrected chi connectivity index (χ0v) is 12.5. The van der Waals surface area contributed by atoms with Gasteiger partial charge in [0.2, 0.25) is 0 Å². The third-order valence-corrected chi connectivity index (χ3v) is 2.23. The number of hydrogen-bond acceptors (Lipinski definition) is 7. The van der Waals surface area contributed by atoms with Crippen LogP contribution in [-0.2, 0) is 14.3 Å². The summed E-state index contributed by atoms with van der Waals surface area (Å²) in [6.45, 7) is 5.57. The van der Waals surface area contributed by atoms with E-state index >= 15 is 0 Å². The molecule has 20 heavy (non-hydrogen) atoms. The molecular weight excluding hydrogens is 266 g/mol. The van der Waals surface area contributed by atoms with E-state index < -0.39 is 18.8 Å². The lowest BCUT2D eigenvalue weighted by Crippen LogP contribution is -2.42. The zero-order chi connectivity index (χ0) is 15.6. The van der Waals surface area contributed by atoms with E-state index in [4.69, 9.17) is 19.7 Å². The molecule has 7 nitrogen and oxygen atoms in total. The van der Waals surface area contributed by atoms with Crippen LogP contribution in [0.2, 0.25) is 0 Å². The number of rotatable bonds is 11. The van der Waals surface area contributed by atoms with E-state index in [9.17, 15) is 9.90 Å². The summed E-state index contributed by atoms with van der Waals surface area (Å²) in [7, 11) is 0. The van der Waals surface area contributed by atoms with Crippen LogP contribution < -0.4 is 5.32 Å². The number of Topliss-reactive ketones (excluding diaryl/α,β-unsaturated/α-hetero) is 1. The Bertz CT molecular complexity index is 266. The van der Waals surface area contributed by atoms with Crippen molar-refractivity contribution in [3.8, 4) is 0 Å². The van der Waals surface area contributed by atoms with Crippen molar-refractivity contribution >= 4 is 5.78 Å². The number of aliphatic hydroxyl groups excluding tert-OH is 3. The van der Waals surface area contributed by atoms with Crippen molar-refractivity contribution in [3.05, 3.63) is 0 Å². The fraction of sp³-hybridized carbons (Fsp3) is 0.923. The van der Waals surface area contributed by atoms with Gasteiger partial charge in [0, 0.05) is 12.1 Å². The van der Waals surface area contributed by atoms with E-state index in [2.05, 4.69) is 5.32 Å². The molecule has 0 aromatic carbocycles. The molecule has 0 aromatic heterocycles. The summed E-state index contributed by atoms with van der Waals surface area (Å²) in [5.41, 5.74) is -0.0851. The highest BCUT2D eigenvalue weighted by atomic mass is 16.5. The highest BCUT2D eigenvalue weighted by Crippen LogP contribution is 1.98. The molecule has 0 amide bonds. The fourth-order valence-electron chi connectivity index (χ4n) is 1.19. The molecule has 2 atom stereocenters. The van der Waals surface area contributed by atoms with Gasteiger partial charge in [0.1, 0.15) is 19.3 Å². The minimum Gasteiger partial charge on any atom is -0.394 e. The van der Waals surface area contributed by atoms with E-state index in [0.29, 0.717) is 6.54 Å². The van der Waals surface area contributed by atoms with Crippen LogP contribution in [0.4, 0.5) is 0 Å². The minimum absolute atomic E-state index is 0.0636. The average molecular weight is 293 g/mol. The van der Waals surface area contributed by atoms with Gasteiger partial charge in [-0.25, -0.2) is 0 Å². The van der Waals surface area contributed by atoms with Gasteiger partial charge in [0.05, 0.1) is 25.9 Å². The third-order valence-electron chi connectivity index (χ3n) is 2.23. The summed E-state index contributed by atoms with van der Waals surface area (Å²) in [5, 5.41) is 30.3. The number of β-amino-alcohol motifs (C(OH)–C–C–N with tert-alkyl or cyclic N) is 1. The van der Waals surface area contributed by atoms with Crippen LogP contribution in [0.25, 0.3) is 0 Å². The van der Waals surface area contributed by atoms with Crippen molar-refractivity contribution in [1.82, 2.24) is 5.32 Å². The normalized spacial score (nSPS) is 15.1. The molecule has 0 saturated heterocycles. The lowest BCUT2D eigenvalue weighted by Gasteiger charge is -2.22. The second-order valence-electron chi connectivity index (χ2n) is 5.69. The van der Waals surface area contributed by atoms with Gasteiger partial charge in [0.25, 0.3) is 0 Å². The first kappa shape index (κ1) is 19.4. The Morgan fingerprint density at radius 3 is 2.05 bits per heavy atom. The van der Waals surface area contributed by atoms with Gasteiger partial charge in [-0.1, -0.05) is 0 Å². The van der Waals surface area contributed by atoms with Crippen LogP contribution in [0.3, 0.4) is 0 Å². The molecule has 0 aliphatic rings. The molecule has 0 saturated carbocycles. The van der Waals surface area contributed by atoms with Crippen LogP contribution in [0.15, 0.2) is 0 Å². The highest BCUT2D eigenvalue weighted by molar-refractivity contribution is 5.80. The quantitative estimate of drug-likeness (QED) is 0.374. The van der Waals surface area contributed by atoms with Crippen molar-refractivity contribution in [2.24, 2.45) is 0 Å². The van der Waals surface area contributed by atoms with E-state index in [1.165, 1.54) is 0 Å². The van der Waals surface area contributed by atoms with Crippen molar-refractivity contribution in [2.45, 2.75) is 38.5 Å². The van der Waals surface area contributed by atoms with Crippen molar-refractivity contribution in [1.29, 1.82) is 0 Å². The van der Waals surface area contributed by atoms with Gasteiger partial charge in [-0.2, -0.15) is 0 Å². The minimum atomic E-state index is -0.978. The van der Waals surface area contributed by atoms with Crippen LogP contribution in [0.5, 0.6) is 0 Å². The monoisotopic (exact) mass is 293 g/mol. The number of ether oxygens (including phenoxy) is 2. The standard InChI is InChI=1S/C13H27NO6/c1-13(2,3)14-4-10(16)6-19-8-12(18)9-20-7-11(17)5-15/h10-11,14-17H,4-9H2,1-3H3/t10-,11-/m1/s1. The Morgan fingerprint density at radius 2 is 1.60 bits per heavy atom. The number of hydrogen-bond donors (Lipinski definition) is 4. The highest BCUT2D eigenvalue weighted by Gasteiger charge is 2.13. The van der Waals surface area contributed by atoms with Gasteiger partial charge in [-0.05, 0) is 20.8 Å². The predicted octanol–water partition coefficient (Wildman–Crippen LogP) is -1.31. The molecule has 0 aromatic rings. The molecule has 4 N–H and O–H groups in total. The first-order chi connectivity index (χ1) is 9.24. The fourth-order valence-corrected chi connectivity index (χ4v) is 1.19. The van der Waals surface area contributed by atoms with Crippen LogP contribution in [0, 0.1) is 0 Å². The predicted molar refractivity (Wildman–Crippen MR) is 73.5 cm³/mol. The summed E-state index contributed by atoms with van der Waals surface area (Å²) in [5.74, 6) is -0.286. The Hall–Kier alpha value is -0.570. The van der Waals surface area contributed by atoms with E-state index in [0.717, 1.165) is 0 Å². The summed E-state index contributed by atoms with van der Waals surface area (Å²) < 4.78 is 9.96. The maximum Gasteiger partial charge on any atom is 0.183 e. The molecule has 0 fully saturated rings. The second kappa shape index (κ2) is 10.2. The number of nitrogens with one attached hydrogen (secondary N) is 1. The topological polar surface area (TPSA) is 108 Å². The average Bonchev–Trinajstić information content (AvgIpc) is 2.35. The van der Waals surface area contributed by atoms with E-state index in [1.54, 1.807) is 0 Å². The number of aliphatic hydroxyl groups is 3. The summed E-state index contributed by atoms with van der Waals surface area (Å²) >= 11 is 0. The lowest BCUT2D eigenvalue weighted by molar-refractivity contribution is -0.130. The summed E-state index contributed by atoms with van der Waals surface area (Å²) in [6, 6.07) is 0. The van der Waals surface area contributed by atoms with Gasteiger partial charge in [-0.3, -0.25) is 4.79 Å². The molecule has 0 radical (unpaired) electrons. The maximum absolute atomic E-state index is 11.3. The first-order valence-electron chi connectivity index (χ1n) is 6.64. The van der Waals surface area contributed by atoms with Gasteiger partial charge in [-0.15, -0.1) is 0 Å². The lowest BCUT2D eigenvalue weighted by atomic mass is 10.1. The molecule has 0 heterocycles.